The predicted octanol–water partition coefficient (Wildman–Crippen LogP) is 1.78. The lowest BCUT2D eigenvalue weighted by atomic mass is 10.1. The fraction of sp³-hybridized carbons (Fsp3) is 0.0625. The SMILES string of the molecule is O=C(CN1c2cccc3cccc(c23)S1(=O)=O)Nc1ccnnc1. The maximum absolute atomic E-state index is 12.8. The summed E-state index contributed by atoms with van der Waals surface area (Å²) in [7, 11) is -3.74. The summed E-state index contributed by atoms with van der Waals surface area (Å²) >= 11 is 0. The van der Waals surface area contributed by atoms with Gasteiger partial charge in [-0.2, -0.15) is 10.2 Å². The topological polar surface area (TPSA) is 92.3 Å². The zero-order valence-electron chi connectivity index (χ0n) is 12.4. The van der Waals surface area contributed by atoms with Crippen LogP contribution in [0.4, 0.5) is 11.4 Å². The van der Waals surface area contributed by atoms with Gasteiger partial charge in [0, 0.05) is 5.39 Å². The molecule has 1 N–H and O–H groups in total. The second-order valence-corrected chi connectivity index (χ2v) is 7.15. The lowest BCUT2D eigenvalue weighted by molar-refractivity contribution is -0.114. The largest absolute Gasteiger partial charge is 0.323 e. The van der Waals surface area contributed by atoms with Crippen LogP contribution in [0.1, 0.15) is 0 Å². The highest BCUT2D eigenvalue weighted by molar-refractivity contribution is 7.93. The molecule has 0 aliphatic carbocycles. The minimum atomic E-state index is -3.74. The molecule has 0 saturated carbocycles. The van der Waals surface area contributed by atoms with Crippen LogP contribution in [0.5, 0.6) is 0 Å². The fourth-order valence-electron chi connectivity index (χ4n) is 2.82. The average Bonchev–Trinajstić information content (AvgIpc) is 2.79. The first-order valence-corrected chi connectivity index (χ1v) is 8.62. The molecule has 3 aromatic rings. The minimum absolute atomic E-state index is 0.231. The lowest BCUT2D eigenvalue weighted by Crippen LogP contribution is -2.35. The number of sulfonamides is 1. The third-order valence-electron chi connectivity index (χ3n) is 3.84. The molecule has 120 valence electrons. The van der Waals surface area contributed by atoms with E-state index in [-0.39, 0.29) is 11.4 Å². The number of hydrogen-bond donors (Lipinski definition) is 1. The first-order valence-electron chi connectivity index (χ1n) is 7.18. The molecule has 1 aromatic heterocycles. The van der Waals surface area contributed by atoms with Gasteiger partial charge in [-0.25, -0.2) is 8.42 Å². The van der Waals surface area contributed by atoms with Crippen molar-refractivity contribution in [3.05, 3.63) is 54.9 Å². The van der Waals surface area contributed by atoms with Gasteiger partial charge in [0.2, 0.25) is 5.91 Å². The first kappa shape index (κ1) is 14.6. The molecule has 0 bridgehead atoms. The van der Waals surface area contributed by atoms with Gasteiger partial charge < -0.3 is 5.32 Å². The Kier molecular flexibility index (Phi) is 3.20. The van der Waals surface area contributed by atoms with Gasteiger partial charge in [0.1, 0.15) is 6.54 Å². The second-order valence-electron chi connectivity index (χ2n) is 5.32. The Bertz CT molecular complexity index is 1050. The van der Waals surface area contributed by atoms with Gasteiger partial charge in [-0.1, -0.05) is 24.3 Å². The van der Waals surface area contributed by atoms with Crippen LogP contribution in [0.15, 0.2) is 59.8 Å². The third kappa shape index (κ3) is 2.19. The Morgan fingerprint density at radius 1 is 1.08 bits per heavy atom. The Morgan fingerprint density at radius 2 is 1.88 bits per heavy atom. The molecular weight excluding hydrogens is 328 g/mol. The molecular formula is C16H12N4O3S. The summed E-state index contributed by atoms with van der Waals surface area (Å²) in [5.74, 6) is -0.448. The summed E-state index contributed by atoms with van der Waals surface area (Å²) in [4.78, 5) is 12.5. The number of benzene rings is 2. The number of rotatable bonds is 3. The standard InChI is InChI=1S/C16H12N4O3S/c21-15(19-12-7-8-17-18-9-12)10-20-13-5-1-3-11-4-2-6-14(16(11)13)24(20,22)23/h1-9H,10H2,(H,17,19,21). The van der Waals surface area contributed by atoms with E-state index in [0.29, 0.717) is 16.8 Å². The van der Waals surface area contributed by atoms with E-state index in [0.717, 1.165) is 9.69 Å². The third-order valence-corrected chi connectivity index (χ3v) is 5.64. The van der Waals surface area contributed by atoms with Gasteiger partial charge in [0.25, 0.3) is 10.0 Å². The molecule has 1 aliphatic rings. The van der Waals surface area contributed by atoms with Gasteiger partial charge in [-0.3, -0.25) is 9.10 Å². The number of nitrogens with one attached hydrogen (secondary N) is 1. The molecule has 0 unspecified atom stereocenters. The molecule has 4 rings (SSSR count). The van der Waals surface area contributed by atoms with E-state index in [9.17, 15) is 13.2 Å². The van der Waals surface area contributed by atoms with E-state index < -0.39 is 15.9 Å². The first-order chi connectivity index (χ1) is 11.6. The van der Waals surface area contributed by atoms with E-state index in [1.54, 1.807) is 30.3 Å². The van der Waals surface area contributed by atoms with Crippen LogP contribution in [0.3, 0.4) is 0 Å². The smallest absolute Gasteiger partial charge is 0.265 e. The summed E-state index contributed by atoms with van der Waals surface area (Å²) in [6.07, 6.45) is 2.84. The molecule has 24 heavy (non-hydrogen) atoms. The van der Waals surface area contributed by atoms with Crippen LogP contribution < -0.4 is 9.62 Å². The molecule has 1 amide bonds. The van der Waals surface area contributed by atoms with Crippen molar-refractivity contribution in [2.45, 2.75) is 4.90 Å². The van der Waals surface area contributed by atoms with Crippen molar-refractivity contribution in [3.63, 3.8) is 0 Å². The number of hydrogen-bond acceptors (Lipinski definition) is 5. The molecule has 0 spiro atoms. The molecule has 8 heteroatoms. The summed E-state index contributed by atoms with van der Waals surface area (Å²) < 4.78 is 26.7. The molecule has 2 aromatic carbocycles. The van der Waals surface area contributed by atoms with Gasteiger partial charge in [-0.15, -0.1) is 0 Å². The fourth-order valence-corrected chi connectivity index (χ4v) is 4.49. The number of aromatic nitrogens is 2. The highest BCUT2D eigenvalue weighted by Gasteiger charge is 2.36. The van der Waals surface area contributed by atoms with Gasteiger partial charge in [0.15, 0.2) is 0 Å². The molecule has 2 heterocycles. The number of amides is 1. The Balaban J connectivity index is 1.70. The maximum atomic E-state index is 12.8. The number of nitrogens with zero attached hydrogens (tertiary/aromatic N) is 3. The monoisotopic (exact) mass is 340 g/mol. The Morgan fingerprint density at radius 3 is 2.62 bits per heavy atom. The van der Waals surface area contributed by atoms with Crippen LogP contribution in [0.2, 0.25) is 0 Å². The lowest BCUT2D eigenvalue weighted by Gasteiger charge is -2.18. The van der Waals surface area contributed by atoms with Crippen molar-refractivity contribution >= 4 is 38.1 Å². The van der Waals surface area contributed by atoms with Crippen molar-refractivity contribution < 1.29 is 13.2 Å². The van der Waals surface area contributed by atoms with E-state index in [1.807, 2.05) is 12.1 Å². The zero-order chi connectivity index (χ0) is 16.7. The molecule has 0 saturated heterocycles. The zero-order valence-corrected chi connectivity index (χ0v) is 13.2. The molecule has 1 aliphatic heterocycles. The van der Waals surface area contributed by atoms with Crippen molar-refractivity contribution in [2.24, 2.45) is 0 Å². The summed E-state index contributed by atoms with van der Waals surface area (Å²) in [5, 5.41) is 11.4. The van der Waals surface area contributed by atoms with Crippen molar-refractivity contribution in [1.82, 2.24) is 10.2 Å². The summed E-state index contributed by atoms with van der Waals surface area (Å²) in [6, 6.07) is 12.0. The summed E-state index contributed by atoms with van der Waals surface area (Å²) in [6.45, 7) is -0.307. The summed E-state index contributed by atoms with van der Waals surface area (Å²) in [5.41, 5.74) is 0.980. The maximum Gasteiger partial charge on any atom is 0.265 e. The van der Waals surface area contributed by atoms with Crippen LogP contribution in [-0.2, 0) is 14.8 Å². The van der Waals surface area contributed by atoms with Crippen LogP contribution in [-0.4, -0.2) is 31.1 Å². The quantitative estimate of drug-likeness (QED) is 0.784. The van der Waals surface area contributed by atoms with E-state index in [2.05, 4.69) is 15.5 Å². The van der Waals surface area contributed by atoms with E-state index >= 15 is 0 Å². The van der Waals surface area contributed by atoms with E-state index in [1.165, 1.54) is 12.4 Å². The van der Waals surface area contributed by atoms with Gasteiger partial charge in [0.05, 0.1) is 28.7 Å². The van der Waals surface area contributed by atoms with E-state index in [4.69, 9.17) is 0 Å². The Hall–Kier alpha value is -3.00. The second kappa shape index (κ2) is 5.27. The van der Waals surface area contributed by atoms with Crippen molar-refractivity contribution in [2.75, 3.05) is 16.2 Å². The number of carbonyl (C=O) groups is 1. The molecule has 7 nitrogen and oxygen atoms in total. The molecule has 0 radical (unpaired) electrons. The molecule has 0 fully saturated rings. The van der Waals surface area contributed by atoms with Crippen LogP contribution in [0.25, 0.3) is 10.8 Å². The van der Waals surface area contributed by atoms with Gasteiger partial charge >= 0.3 is 0 Å². The highest BCUT2D eigenvalue weighted by atomic mass is 32.2. The van der Waals surface area contributed by atoms with Crippen molar-refractivity contribution in [3.8, 4) is 0 Å². The highest BCUT2D eigenvalue weighted by Crippen LogP contribution is 2.41. The normalized spacial score (nSPS) is 14.8. The van der Waals surface area contributed by atoms with Crippen LogP contribution in [0, 0.1) is 0 Å². The molecule has 0 atom stereocenters. The van der Waals surface area contributed by atoms with Gasteiger partial charge in [-0.05, 0) is 23.6 Å². The van der Waals surface area contributed by atoms with Crippen molar-refractivity contribution in [1.29, 1.82) is 0 Å². The Labute approximate surface area is 138 Å². The van der Waals surface area contributed by atoms with Crippen LogP contribution >= 0.6 is 0 Å². The average molecular weight is 340 g/mol. The number of anilines is 2. The minimum Gasteiger partial charge on any atom is -0.323 e. The number of carbonyl (C=O) groups excluding carboxylic acids is 1. The predicted molar refractivity (Wildman–Crippen MR) is 89.1 cm³/mol.